The predicted molar refractivity (Wildman–Crippen MR) is 256 cm³/mol. The number of carbonyl (C=O) groups is 2. The van der Waals surface area contributed by atoms with Gasteiger partial charge in [-0.3, -0.25) is 29.4 Å². The number of nitrogens with zero attached hydrogens (tertiary/aromatic N) is 4. The monoisotopic (exact) mass is 938 g/mol. The zero-order valence-electron chi connectivity index (χ0n) is 39.6. The second-order valence-electron chi connectivity index (χ2n) is 21.7. The molecule has 9 rings (SSSR count). The lowest BCUT2D eigenvalue weighted by Crippen LogP contribution is -2.50. The molecule has 0 unspecified atom stereocenters. The van der Waals surface area contributed by atoms with Crippen molar-refractivity contribution in [2.75, 3.05) is 40.4 Å². The highest BCUT2D eigenvalue weighted by Crippen LogP contribution is 2.45. The van der Waals surface area contributed by atoms with E-state index >= 15 is 0 Å². The molecule has 5 fully saturated rings. The van der Waals surface area contributed by atoms with Gasteiger partial charge in [-0.05, 0) is 147 Å². The minimum Gasteiger partial charge on any atom is -0.490 e. The summed E-state index contributed by atoms with van der Waals surface area (Å²) < 4.78 is 23.5. The molecule has 0 radical (unpaired) electrons. The summed E-state index contributed by atoms with van der Waals surface area (Å²) in [5, 5.41) is 2.32. The molecule has 64 heavy (non-hydrogen) atoms. The number of likely N-dealkylation sites (tertiary alicyclic amines) is 2. The highest BCUT2D eigenvalue weighted by atomic mass is 79.9. The third-order valence-electron chi connectivity index (χ3n) is 14.8. The first-order valence-electron chi connectivity index (χ1n) is 24.0. The largest absolute Gasteiger partial charge is 0.490 e. The summed E-state index contributed by atoms with van der Waals surface area (Å²) >= 11 is 3.72. The van der Waals surface area contributed by atoms with Crippen LogP contribution >= 0.6 is 15.9 Å². The van der Waals surface area contributed by atoms with E-state index in [0.29, 0.717) is 29.0 Å². The average Bonchev–Trinajstić information content (AvgIpc) is 4.09. The number of hydrogen-bond acceptors (Lipinski definition) is 10. The van der Waals surface area contributed by atoms with Crippen LogP contribution in [-0.2, 0) is 32.2 Å². The molecule has 3 aliphatic carbocycles. The van der Waals surface area contributed by atoms with Crippen LogP contribution in [0.25, 0.3) is 21.8 Å². The molecule has 11 heteroatoms. The van der Waals surface area contributed by atoms with Crippen LogP contribution in [0.5, 0.6) is 11.5 Å². The molecule has 0 spiro atoms. The van der Waals surface area contributed by atoms with E-state index in [0.717, 1.165) is 121 Å². The van der Waals surface area contributed by atoms with E-state index in [9.17, 15) is 9.59 Å². The molecule has 3 saturated carbocycles. The van der Waals surface area contributed by atoms with Gasteiger partial charge in [-0.15, -0.1) is 0 Å². The standard InChI is InChI=1S/C28H38N2O3.C25H33BrN2O3/c1-28(2,3)20-7-9-22(10-8-20)33-23-11-12-26-25(14-23)24(18-5-6-18)13-21(29-26)17-30-15-19(16-30)27(31)32-4;1-25(2,3)17-5-7-19(8-6-17)31-20-9-10-23-21(12-20)22(26)11-18(27-23)15-28-13-16(14-28)24(29)30-4/h11-14,18-20,22H,5-10,15-17H2,1-4H3;9-12,16-17,19H,5-8,13-15H2,1-4H3. The Labute approximate surface area is 389 Å². The number of fused-ring (bicyclic) bond motifs is 2. The van der Waals surface area contributed by atoms with Crippen molar-refractivity contribution in [3.8, 4) is 11.5 Å². The highest BCUT2D eigenvalue weighted by Gasteiger charge is 2.36. The summed E-state index contributed by atoms with van der Waals surface area (Å²) in [7, 11) is 2.91. The summed E-state index contributed by atoms with van der Waals surface area (Å²) in [5.41, 5.74) is 6.31. The normalized spacial score (nSPS) is 23.7. The van der Waals surface area contributed by atoms with Crippen LogP contribution in [0.4, 0.5) is 0 Å². The SMILES string of the molecule is COC(=O)C1CN(Cc2cc(Br)c3cc(OC4CCC(C(C)(C)C)CC4)ccc3n2)C1.COC(=O)C1CN(Cc2cc(C3CC3)c3cc(OC4CCC(C(C)(C)C)CC4)ccc3n2)C1. The number of pyridine rings is 2. The molecule has 4 aromatic rings. The Morgan fingerprint density at radius 3 is 1.44 bits per heavy atom. The molecule has 5 aliphatic rings. The van der Waals surface area contributed by atoms with Crippen molar-refractivity contribution < 1.29 is 28.5 Å². The number of ether oxygens (including phenoxy) is 4. The first-order valence-corrected chi connectivity index (χ1v) is 24.8. The van der Waals surface area contributed by atoms with E-state index in [4.69, 9.17) is 28.9 Å². The number of carbonyl (C=O) groups excluding carboxylic acids is 2. The van der Waals surface area contributed by atoms with Crippen molar-refractivity contribution >= 4 is 49.7 Å². The molecule has 0 atom stereocenters. The Hall–Kier alpha value is -3.80. The van der Waals surface area contributed by atoms with Gasteiger partial charge in [0, 0.05) is 54.5 Å². The van der Waals surface area contributed by atoms with E-state index < -0.39 is 0 Å². The fourth-order valence-electron chi connectivity index (χ4n) is 10.5. The zero-order chi connectivity index (χ0) is 45.3. The number of benzene rings is 2. The van der Waals surface area contributed by atoms with Crippen LogP contribution in [0.3, 0.4) is 0 Å². The summed E-state index contributed by atoms with van der Waals surface area (Å²) in [4.78, 5) is 37.5. The van der Waals surface area contributed by atoms with Gasteiger partial charge in [0.2, 0.25) is 0 Å². The Bertz CT molecular complexity index is 2270. The molecule has 0 N–H and O–H groups in total. The van der Waals surface area contributed by atoms with Gasteiger partial charge in [0.25, 0.3) is 0 Å². The number of hydrogen-bond donors (Lipinski definition) is 0. The topological polar surface area (TPSA) is 103 Å². The number of aromatic nitrogens is 2. The maximum Gasteiger partial charge on any atom is 0.311 e. The summed E-state index contributed by atoms with van der Waals surface area (Å²) in [6.45, 7) is 18.6. The molecule has 4 heterocycles. The van der Waals surface area contributed by atoms with Crippen LogP contribution in [0.2, 0.25) is 0 Å². The van der Waals surface area contributed by atoms with Crippen molar-refractivity contribution in [3.63, 3.8) is 0 Å². The number of methoxy groups -OCH3 is 2. The maximum atomic E-state index is 11.7. The molecule has 2 aliphatic heterocycles. The van der Waals surface area contributed by atoms with Crippen molar-refractivity contribution in [1.29, 1.82) is 0 Å². The Kier molecular flexibility index (Phi) is 14.3. The smallest absolute Gasteiger partial charge is 0.311 e. The van der Waals surface area contributed by atoms with Crippen LogP contribution < -0.4 is 9.47 Å². The minimum atomic E-state index is -0.122. The van der Waals surface area contributed by atoms with Crippen LogP contribution in [0, 0.1) is 34.5 Å². The molecule has 0 bridgehead atoms. The van der Waals surface area contributed by atoms with Crippen molar-refractivity contribution in [2.24, 2.45) is 34.5 Å². The van der Waals surface area contributed by atoms with E-state index in [-0.39, 0.29) is 23.8 Å². The Morgan fingerprint density at radius 2 is 1.02 bits per heavy atom. The quantitative estimate of drug-likeness (QED) is 0.135. The molecule has 2 aromatic heterocycles. The van der Waals surface area contributed by atoms with Gasteiger partial charge in [0.15, 0.2) is 0 Å². The van der Waals surface area contributed by atoms with E-state index in [2.05, 4.69) is 104 Å². The fourth-order valence-corrected chi connectivity index (χ4v) is 11.1. The highest BCUT2D eigenvalue weighted by molar-refractivity contribution is 9.10. The van der Waals surface area contributed by atoms with Gasteiger partial charge in [-0.25, -0.2) is 0 Å². The molecule has 10 nitrogen and oxygen atoms in total. The fraction of sp³-hybridized carbons (Fsp3) is 0.623. The zero-order valence-corrected chi connectivity index (χ0v) is 41.2. The number of rotatable bonds is 11. The van der Waals surface area contributed by atoms with Gasteiger partial charge >= 0.3 is 11.9 Å². The molecular formula is C53H71BrN4O6. The van der Waals surface area contributed by atoms with E-state index in [1.807, 2.05) is 12.1 Å². The maximum absolute atomic E-state index is 11.7. The first-order chi connectivity index (χ1) is 30.5. The lowest BCUT2D eigenvalue weighted by atomic mass is 9.72. The Morgan fingerprint density at radius 1 is 0.594 bits per heavy atom. The van der Waals surface area contributed by atoms with Crippen LogP contribution in [0.1, 0.15) is 129 Å². The van der Waals surface area contributed by atoms with E-state index in [1.54, 1.807) is 0 Å². The molecular weight excluding hydrogens is 869 g/mol. The number of halogens is 1. The minimum absolute atomic E-state index is 0.00734. The van der Waals surface area contributed by atoms with E-state index in [1.165, 1.54) is 63.7 Å². The van der Waals surface area contributed by atoms with Crippen molar-refractivity contribution in [1.82, 2.24) is 19.8 Å². The Balaban J connectivity index is 0.000000175. The third-order valence-corrected chi connectivity index (χ3v) is 15.5. The second-order valence-corrected chi connectivity index (χ2v) is 22.5. The summed E-state index contributed by atoms with van der Waals surface area (Å²) in [6, 6.07) is 17.0. The lowest BCUT2D eigenvalue weighted by Gasteiger charge is -2.37. The van der Waals surface area contributed by atoms with Gasteiger partial charge in [-0.1, -0.05) is 57.5 Å². The predicted octanol–water partition coefficient (Wildman–Crippen LogP) is 11.3. The van der Waals surface area contributed by atoms with Gasteiger partial charge in [0.05, 0.1) is 60.7 Å². The molecule has 2 saturated heterocycles. The van der Waals surface area contributed by atoms with Crippen LogP contribution in [0.15, 0.2) is 53.0 Å². The average molecular weight is 940 g/mol. The summed E-state index contributed by atoms with van der Waals surface area (Å²) in [5.74, 6) is 3.92. The molecule has 2 aromatic carbocycles. The van der Waals surface area contributed by atoms with Gasteiger partial charge in [0.1, 0.15) is 11.5 Å². The van der Waals surface area contributed by atoms with Gasteiger partial charge < -0.3 is 18.9 Å². The second kappa shape index (κ2) is 19.6. The molecule has 346 valence electrons. The summed E-state index contributed by atoms with van der Waals surface area (Å²) in [6.07, 6.45) is 12.7. The van der Waals surface area contributed by atoms with Crippen molar-refractivity contribution in [3.05, 3.63) is 70.0 Å². The van der Waals surface area contributed by atoms with Crippen LogP contribution in [-0.4, -0.2) is 84.3 Å². The lowest BCUT2D eigenvalue weighted by molar-refractivity contribution is -0.152. The number of esters is 2. The third kappa shape index (κ3) is 11.4. The van der Waals surface area contributed by atoms with Crippen molar-refractivity contribution in [2.45, 2.75) is 137 Å². The first kappa shape index (κ1) is 46.7. The van der Waals surface area contributed by atoms with Gasteiger partial charge in [-0.2, -0.15) is 0 Å². The molecule has 0 amide bonds.